The number of cyclic esters (lactones) is 1. The number of rotatable bonds is 10. The summed E-state index contributed by atoms with van der Waals surface area (Å²) >= 11 is 1.87. The molecule has 0 spiro atoms. The summed E-state index contributed by atoms with van der Waals surface area (Å²) in [4.78, 5) is 13.6. The Morgan fingerprint density at radius 2 is 2.17 bits per heavy atom. The van der Waals surface area contributed by atoms with Gasteiger partial charge in [0.1, 0.15) is 6.61 Å². The van der Waals surface area contributed by atoms with Gasteiger partial charge in [0.15, 0.2) is 0 Å². The minimum Gasteiger partial charge on any atom is -0.447 e. The molecule has 1 heterocycles. The zero-order valence-corrected chi connectivity index (χ0v) is 15.1. The van der Waals surface area contributed by atoms with Crippen LogP contribution in [0.5, 0.6) is 0 Å². The van der Waals surface area contributed by atoms with Crippen LogP contribution in [0.1, 0.15) is 25.3 Å². The summed E-state index contributed by atoms with van der Waals surface area (Å²) in [5.74, 6) is 2.06. The van der Waals surface area contributed by atoms with Gasteiger partial charge >= 0.3 is 6.09 Å². The van der Waals surface area contributed by atoms with Crippen molar-refractivity contribution in [2.75, 3.05) is 24.7 Å². The Labute approximate surface area is 148 Å². The van der Waals surface area contributed by atoms with Crippen molar-refractivity contribution in [2.24, 2.45) is 0 Å². The van der Waals surface area contributed by atoms with Gasteiger partial charge < -0.3 is 9.84 Å². The first-order valence-corrected chi connectivity index (χ1v) is 9.77. The van der Waals surface area contributed by atoms with Gasteiger partial charge in [-0.1, -0.05) is 55.8 Å². The average Bonchev–Trinajstić information content (AvgIpc) is 2.94. The first-order chi connectivity index (χ1) is 11.7. The van der Waals surface area contributed by atoms with E-state index < -0.39 is 6.10 Å². The molecule has 1 aromatic carbocycles. The standard InChI is InChI=1S/C19H27NO3S/c1-2-3-12-24-13-11-20-17(15-23-19(20)22)9-10-18(21)14-16-7-5-4-6-8-16/h4-10,17-18,21H,2-3,11-15H2,1H3/b10-9+/t17-,18+/m0/s1. The topological polar surface area (TPSA) is 49.8 Å². The summed E-state index contributed by atoms with van der Waals surface area (Å²) < 4.78 is 5.15. The molecule has 4 nitrogen and oxygen atoms in total. The summed E-state index contributed by atoms with van der Waals surface area (Å²) in [6.07, 6.45) is 5.85. The van der Waals surface area contributed by atoms with Gasteiger partial charge in [-0.3, -0.25) is 4.90 Å². The molecule has 1 aromatic rings. The number of unbranched alkanes of at least 4 members (excludes halogenated alkanes) is 1. The summed E-state index contributed by atoms with van der Waals surface area (Å²) in [5.41, 5.74) is 1.09. The second-order valence-corrected chi connectivity index (χ2v) is 7.17. The Morgan fingerprint density at radius 1 is 1.38 bits per heavy atom. The Hall–Kier alpha value is -1.46. The first kappa shape index (κ1) is 18.9. The highest BCUT2D eigenvalue weighted by Gasteiger charge is 2.30. The highest BCUT2D eigenvalue weighted by Crippen LogP contribution is 2.16. The number of benzene rings is 1. The smallest absolute Gasteiger partial charge is 0.410 e. The van der Waals surface area contributed by atoms with E-state index in [1.54, 1.807) is 11.0 Å². The Kier molecular flexibility index (Phi) is 8.19. The van der Waals surface area contributed by atoms with Gasteiger partial charge in [0.2, 0.25) is 0 Å². The molecule has 132 valence electrons. The molecule has 0 radical (unpaired) electrons. The minimum absolute atomic E-state index is 0.0744. The summed E-state index contributed by atoms with van der Waals surface area (Å²) in [7, 11) is 0. The third-order valence-electron chi connectivity index (χ3n) is 3.97. The molecule has 2 atom stereocenters. The van der Waals surface area contributed by atoms with Crippen LogP contribution in [-0.4, -0.2) is 52.9 Å². The molecule has 0 saturated carbocycles. The second kappa shape index (κ2) is 10.4. The van der Waals surface area contributed by atoms with Crippen molar-refractivity contribution in [2.45, 2.75) is 38.3 Å². The Morgan fingerprint density at radius 3 is 2.92 bits per heavy atom. The third kappa shape index (κ3) is 6.21. The van der Waals surface area contributed by atoms with E-state index in [1.807, 2.05) is 48.2 Å². The molecule has 1 N–H and O–H groups in total. The zero-order chi connectivity index (χ0) is 17.2. The van der Waals surface area contributed by atoms with E-state index >= 15 is 0 Å². The number of carbonyl (C=O) groups excluding carboxylic acids is 1. The number of thioether (sulfide) groups is 1. The second-order valence-electron chi connectivity index (χ2n) is 5.95. The molecule has 0 unspecified atom stereocenters. The van der Waals surface area contributed by atoms with Crippen LogP contribution in [0.2, 0.25) is 0 Å². The molecule has 0 aliphatic carbocycles. The Balaban J connectivity index is 1.79. The molecule has 1 aliphatic rings. The number of ether oxygens (including phenoxy) is 1. The predicted octanol–water partition coefficient (Wildman–Crippen LogP) is 3.50. The average molecular weight is 349 g/mol. The van der Waals surface area contributed by atoms with E-state index in [0.29, 0.717) is 19.6 Å². The van der Waals surface area contributed by atoms with E-state index in [0.717, 1.165) is 17.1 Å². The minimum atomic E-state index is -0.552. The third-order valence-corrected chi connectivity index (χ3v) is 5.02. The maximum Gasteiger partial charge on any atom is 0.410 e. The van der Waals surface area contributed by atoms with Gasteiger partial charge in [-0.2, -0.15) is 11.8 Å². The van der Waals surface area contributed by atoms with Crippen molar-refractivity contribution in [3.05, 3.63) is 48.0 Å². The molecule has 1 aliphatic heterocycles. The van der Waals surface area contributed by atoms with Crippen LogP contribution in [0.15, 0.2) is 42.5 Å². The van der Waals surface area contributed by atoms with Crippen molar-refractivity contribution in [1.82, 2.24) is 4.90 Å². The molecular formula is C19H27NO3S. The SMILES string of the molecule is CCCCSCCN1C(=O)OC[C@@H]1/C=C/[C@@H](O)Cc1ccccc1. The fourth-order valence-corrected chi connectivity index (χ4v) is 3.60. The molecule has 0 aromatic heterocycles. The predicted molar refractivity (Wildman–Crippen MR) is 99.4 cm³/mol. The van der Waals surface area contributed by atoms with Crippen LogP contribution >= 0.6 is 11.8 Å². The van der Waals surface area contributed by atoms with Crippen LogP contribution in [-0.2, 0) is 11.2 Å². The van der Waals surface area contributed by atoms with E-state index in [-0.39, 0.29) is 12.1 Å². The van der Waals surface area contributed by atoms with Crippen molar-refractivity contribution >= 4 is 17.9 Å². The van der Waals surface area contributed by atoms with Crippen LogP contribution < -0.4 is 0 Å². The molecule has 0 bridgehead atoms. The molecule has 5 heteroatoms. The number of carbonyl (C=O) groups is 1. The highest BCUT2D eigenvalue weighted by atomic mass is 32.2. The fourth-order valence-electron chi connectivity index (χ4n) is 2.57. The summed E-state index contributed by atoms with van der Waals surface area (Å²) in [5, 5.41) is 10.2. The van der Waals surface area contributed by atoms with Crippen molar-refractivity contribution < 1.29 is 14.6 Å². The summed E-state index contributed by atoms with van der Waals surface area (Å²) in [6, 6.07) is 9.82. The number of hydrogen-bond acceptors (Lipinski definition) is 4. The first-order valence-electron chi connectivity index (χ1n) is 8.62. The molecule has 2 rings (SSSR count). The lowest BCUT2D eigenvalue weighted by molar-refractivity contribution is 0.159. The fraction of sp³-hybridized carbons (Fsp3) is 0.526. The van der Waals surface area contributed by atoms with E-state index in [2.05, 4.69) is 6.92 Å². The van der Waals surface area contributed by atoms with Crippen molar-refractivity contribution in [3.8, 4) is 0 Å². The number of aliphatic hydroxyl groups excluding tert-OH is 1. The van der Waals surface area contributed by atoms with E-state index in [9.17, 15) is 9.90 Å². The van der Waals surface area contributed by atoms with Crippen LogP contribution in [0.4, 0.5) is 4.79 Å². The quantitative estimate of drug-likeness (QED) is 0.519. The van der Waals surface area contributed by atoms with Crippen LogP contribution in [0.3, 0.4) is 0 Å². The number of aliphatic hydroxyl groups is 1. The number of nitrogens with zero attached hydrogens (tertiary/aromatic N) is 1. The van der Waals surface area contributed by atoms with Crippen LogP contribution in [0, 0.1) is 0 Å². The molecule has 1 fully saturated rings. The van der Waals surface area contributed by atoms with Crippen molar-refractivity contribution in [1.29, 1.82) is 0 Å². The normalized spacial score (nSPS) is 19.0. The molecular weight excluding hydrogens is 322 g/mol. The van der Waals surface area contributed by atoms with Crippen molar-refractivity contribution in [3.63, 3.8) is 0 Å². The number of hydrogen-bond donors (Lipinski definition) is 1. The van der Waals surface area contributed by atoms with Crippen LogP contribution in [0.25, 0.3) is 0 Å². The van der Waals surface area contributed by atoms with E-state index in [1.165, 1.54) is 12.8 Å². The van der Waals surface area contributed by atoms with Gasteiger partial charge in [0.25, 0.3) is 0 Å². The van der Waals surface area contributed by atoms with Gasteiger partial charge in [0, 0.05) is 18.7 Å². The Bertz CT molecular complexity index is 521. The molecule has 1 amide bonds. The lowest BCUT2D eigenvalue weighted by atomic mass is 10.1. The summed E-state index contributed by atoms with van der Waals surface area (Å²) in [6.45, 7) is 3.24. The highest BCUT2D eigenvalue weighted by molar-refractivity contribution is 7.99. The zero-order valence-electron chi connectivity index (χ0n) is 14.3. The maximum absolute atomic E-state index is 11.8. The largest absolute Gasteiger partial charge is 0.447 e. The molecule has 1 saturated heterocycles. The lowest BCUT2D eigenvalue weighted by Gasteiger charge is -2.18. The maximum atomic E-state index is 11.8. The van der Waals surface area contributed by atoms with Gasteiger partial charge in [0.05, 0.1) is 12.1 Å². The number of amides is 1. The van der Waals surface area contributed by atoms with Gasteiger partial charge in [-0.05, 0) is 17.7 Å². The van der Waals surface area contributed by atoms with Gasteiger partial charge in [-0.15, -0.1) is 0 Å². The lowest BCUT2D eigenvalue weighted by Crippen LogP contribution is -2.34. The monoisotopic (exact) mass is 349 g/mol. The molecule has 24 heavy (non-hydrogen) atoms. The van der Waals surface area contributed by atoms with E-state index in [4.69, 9.17) is 4.74 Å². The van der Waals surface area contributed by atoms with Gasteiger partial charge in [-0.25, -0.2) is 4.79 Å².